The molecule has 3 rings (SSSR count). The summed E-state index contributed by atoms with van der Waals surface area (Å²) in [5.74, 6) is 0.693. The summed E-state index contributed by atoms with van der Waals surface area (Å²) in [5, 5.41) is 8.14. The second-order valence-electron chi connectivity index (χ2n) is 6.46. The number of hydrogen-bond acceptors (Lipinski definition) is 4. The van der Waals surface area contributed by atoms with Crippen LogP contribution in [0.5, 0.6) is 0 Å². The van der Waals surface area contributed by atoms with E-state index < -0.39 is 0 Å². The van der Waals surface area contributed by atoms with Gasteiger partial charge in [-0.05, 0) is 38.5 Å². The van der Waals surface area contributed by atoms with Gasteiger partial charge in [-0.2, -0.15) is 5.10 Å². The molecule has 1 aliphatic rings. The molecule has 0 atom stereocenters. The first kappa shape index (κ1) is 18.7. The third-order valence-electron chi connectivity index (χ3n) is 4.64. The molecule has 0 saturated carbocycles. The number of aromatic nitrogens is 2. The number of hydrogen-bond donors (Lipinski definition) is 1. The van der Waals surface area contributed by atoms with Crippen molar-refractivity contribution in [2.45, 2.75) is 27.2 Å². The van der Waals surface area contributed by atoms with Gasteiger partial charge in [0.2, 0.25) is 0 Å². The van der Waals surface area contributed by atoms with Crippen molar-refractivity contribution < 1.29 is 9.53 Å². The summed E-state index contributed by atoms with van der Waals surface area (Å²) in [4.78, 5) is 11.7. The highest BCUT2D eigenvalue weighted by molar-refractivity contribution is 5.93. The number of esters is 1. The third kappa shape index (κ3) is 3.72. The number of ether oxygens (including phenoxy) is 1. The monoisotopic (exact) mass is 363 g/mol. The van der Waals surface area contributed by atoms with Crippen molar-refractivity contribution in [3.05, 3.63) is 71.0 Å². The number of carbonyl (C=O) groups is 1. The molecule has 0 unspecified atom stereocenters. The SMILES string of the molecule is CC/C=C\C(=C/C1=C(C)C(=O)OC1)c1nn(-c2ccccc2)c(NC)c1C. The van der Waals surface area contributed by atoms with Crippen LogP contribution in [0.25, 0.3) is 11.3 Å². The van der Waals surface area contributed by atoms with Gasteiger partial charge in [-0.3, -0.25) is 0 Å². The van der Waals surface area contributed by atoms with E-state index >= 15 is 0 Å². The first-order valence-corrected chi connectivity index (χ1v) is 9.15. The molecule has 0 fully saturated rings. The Kier molecular flexibility index (Phi) is 5.60. The van der Waals surface area contributed by atoms with Crippen molar-refractivity contribution in [3.8, 4) is 5.69 Å². The molecular formula is C22H25N3O2. The summed E-state index contributed by atoms with van der Waals surface area (Å²) in [5.41, 5.74) is 5.45. The second kappa shape index (κ2) is 8.08. The molecule has 2 aromatic rings. The highest BCUT2D eigenvalue weighted by atomic mass is 16.5. The average Bonchev–Trinajstić information content (AvgIpc) is 3.19. The maximum Gasteiger partial charge on any atom is 0.334 e. The summed E-state index contributed by atoms with van der Waals surface area (Å²) in [6.45, 7) is 6.26. The molecule has 0 amide bonds. The van der Waals surface area contributed by atoms with Crippen LogP contribution < -0.4 is 5.32 Å². The van der Waals surface area contributed by atoms with Gasteiger partial charge in [0.05, 0.1) is 11.4 Å². The predicted octanol–water partition coefficient (Wildman–Crippen LogP) is 4.45. The molecule has 0 spiro atoms. The van der Waals surface area contributed by atoms with Crippen LogP contribution in [0.3, 0.4) is 0 Å². The van der Waals surface area contributed by atoms with Crippen LogP contribution in [0.15, 0.2) is 59.7 Å². The minimum absolute atomic E-state index is 0.248. The maximum absolute atomic E-state index is 11.7. The van der Waals surface area contributed by atoms with E-state index in [2.05, 4.69) is 31.3 Å². The quantitative estimate of drug-likeness (QED) is 0.609. The van der Waals surface area contributed by atoms with Crippen molar-refractivity contribution in [2.24, 2.45) is 0 Å². The van der Waals surface area contributed by atoms with E-state index in [1.54, 1.807) is 6.92 Å². The van der Waals surface area contributed by atoms with E-state index in [-0.39, 0.29) is 5.97 Å². The number of para-hydroxylation sites is 1. The molecule has 0 saturated heterocycles. The van der Waals surface area contributed by atoms with Gasteiger partial charge >= 0.3 is 5.97 Å². The zero-order valence-electron chi connectivity index (χ0n) is 16.2. The lowest BCUT2D eigenvalue weighted by Crippen LogP contribution is -2.02. The van der Waals surface area contributed by atoms with E-state index in [1.165, 1.54) is 0 Å². The Labute approximate surface area is 160 Å². The molecule has 5 nitrogen and oxygen atoms in total. The molecule has 5 heteroatoms. The summed E-state index contributed by atoms with van der Waals surface area (Å²) in [6, 6.07) is 10.0. The Morgan fingerprint density at radius 1 is 1.30 bits per heavy atom. The van der Waals surface area contributed by atoms with Crippen molar-refractivity contribution in [2.75, 3.05) is 19.0 Å². The number of cyclic esters (lactones) is 1. The molecule has 2 heterocycles. The highest BCUT2D eigenvalue weighted by Gasteiger charge is 2.21. The molecule has 1 N–H and O–H groups in total. The van der Waals surface area contributed by atoms with Gasteiger partial charge in [-0.25, -0.2) is 9.48 Å². The van der Waals surface area contributed by atoms with Gasteiger partial charge in [-0.15, -0.1) is 0 Å². The number of nitrogens with zero attached hydrogens (tertiary/aromatic N) is 2. The number of benzene rings is 1. The van der Waals surface area contributed by atoms with Gasteiger partial charge in [0.25, 0.3) is 0 Å². The van der Waals surface area contributed by atoms with Gasteiger partial charge in [0.1, 0.15) is 12.4 Å². The summed E-state index contributed by atoms with van der Waals surface area (Å²) >= 11 is 0. The maximum atomic E-state index is 11.7. The molecule has 140 valence electrons. The van der Waals surface area contributed by atoms with E-state index in [1.807, 2.05) is 48.1 Å². The Balaban J connectivity index is 2.15. The molecule has 1 aliphatic heterocycles. The van der Waals surface area contributed by atoms with Gasteiger partial charge in [0, 0.05) is 29.3 Å². The smallest absolute Gasteiger partial charge is 0.334 e. The fourth-order valence-electron chi connectivity index (χ4n) is 3.09. The standard InChI is InChI=1S/C22H25N3O2/c1-5-6-10-17(13-18-14-27-22(26)15(18)2)20-16(3)21(23-4)25(24-20)19-11-8-7-9-12-19/h6-13,23H,5,14H2,1-4H3/b10-6-,17-13+. The lowest BCUT2D eigenvalue weighted by Gasteiger charge is -2.06. The van der Waals surface area contributed by atoms with Gasteiger partial charge in [-0.1, -0.05) is 37.3 Å². The highest BCUT2D eigenvalue weighted by Crippen LogP contribution is 2.30. The van der Waals surface area contributed by atoms with E-state index in [0.29, 0.717) is 12.2 Å². The number of anilines is 1. The molecular weight excluding hydrogens is 338 g/mol. The second-order valence-corrected chi connectivity index (χ2v) is 6.46. The van der Waals surface area contributed by atoms with Crippen LogP contribution in [0.4, 0.5) is 5.82 Å². The Bertz CT molecular complexity index is 934. The zero-order valence-corrected chi connectivity index (χ0v) is 16.2. The van der Waals surface area contributed by atoms with Crippen LogP contribution in [-0.2, 0) is 9.53 Å². The van der Waals surface area contributed by atoms with Crippen molar-refractivity contribution >= 4 is 17.4 Å². The molecule has 1 aromatic heterocycles. The van der Waals surface area contributed by atoms with Crippen LogP contribution in [0.1, 0.15) is 31.5 Å². The van der Waals surface area contributed by atoms with E-state index in [0.717, 1.165) is 40.3 Å². The lowest BCUT2D eigenvalue weighted by molar-refractivity contribution is -0.135. The first-order chi connectivity index (χ1) is 13.1. The minimum atomic E-state index is -0.248. The fraction of sp³-hybridized carbons (Fsp3) is 0.273. The number of nitrogens with one attached hydrogen (secondary N) is 1. The van der Waals surface area contributed by atoms with E-state index in [9.17, 15) is 4.79 Å². The Morgan fingerprint density at radius 3 is 2.63 bits per heavy atom. The average molecular weight is 363 g/mol. The summed E-state index contributed by atoms with van der Waals surface area (Å²) in [7, 11) is 1.90. The summed E-state index contributed by atoms with van der Waals surface area (Å²) < 4.78 is 7.06. The minimum Gasteiger partial charge on any atom is -0.457 e. The Morgan fingerprint density at radius 2 is 2.04 bits per heavy atom. The van der Waals surface area contributed by atoms with Crippen LogP contribution >= 0.6 is 0 Å². The largest absolute Gasteiger partial charge is 0.457 e. The van der Waals surface area contributed by atoms with Crippen molar-refractivity contribution in [1.29, 1.82) is 0 Å². The van der Waals surface area contributed by atoms with Crippen molar-refractivity contribution in [3.63, 3.8) is 0 Å². The lowest BCUT2D eigenvalue weighted by atomic mass is 10.0. The first-order valence-electron chi connectivity index (χ1n) is 9.15. The van der Waals surface area contributed by atoms with Crippen LogP contribution in [0.2, 0.25) is 0 Å². The molecule has 0 aliphatic carbocycles. The van der Waals surface area contributed by atoms with Crippen LogP contribution in [-0.4, -0.2) is 29.4 Å². The third-order valence-corrected chi connectivity index (χ3v) is 4.64. The molecule has 27 heavy (non-hydrogen) atoms. The number of rotatable bonds is 6. The predicted molar refractivity (Wildman–Crippen MR) is 109 cm³/mol. The van der Waals surface area contributed by atoms with Crippen LogP contribution in [0, 0.1) is 6.92 Å². The normalized spacial score (nSPS) is 15.0. The number of carbonyl (C=O) groups excluding carboxylic acids is 1. The zero-order chi connectivity index (χ0) is 19.4. The molecule has 1 aromatic carbocycles. The van der Waals surface area contributed by atoms with E-state index in [4.69, 9.17) is 9.84 Å². The Hall–Kier alpha value is -3.08. The van der Waals surface area contributed by atoms with Crippen molar-refractivity contribution in [1.82, 2.24) is 9.78 Å². The fourth-order valence-corrected chi connectivity index (χ4v) is 3.09. The molecule has 0 bridgehead atoms. The van der Waals surface area contributed by atoms with Gasteiger partial charge in [0.15, 0.2) is 0 Å². The summed E-state index contributed by atoms with van der Waals surface area (Å²) in [6.07, 6.45) is 7.09. The molecule has 0 radical (unpaired) electrons. The topological polar surface area (TPSA) is 56.1 Å². The number of allylic oxidation sites excluding steroid dienone is 3. The van der Waals surface area contributed by atoms with Gasteiger partial charge < -0.3 is 10.1 Å².